The Balaban J connectivity index is 3.02. The van der Waals surface area contributed by atoms with Crippen molar-refractivity contribution in [2.45, 2.75) is 0.201 Å². The molecule has 0 rings (SSSR count). The topological polar surface area (TPSA) is 0 Å². The minimum absolute atomic E-state index is 0.208. The van der Waals surface area contributed by atoms with E-state index < -0.39 is 0 Å². The third kappa shape index (κ3) is 22.7. The van der Waals surface area contributed by atoms with Gasteiger partial charge in [-0.05, 0) is 0 Å². The average molecular weight is 408 g/mol. The van der Waals surface area contributed by atoms with Gasteiger partial charge in [-0.2, -0.15) is 0 Å². The molecule has 0 aliphatic heterocycles. The van der Waals surface area contributed by atoms with Gasteiger partial charge in [-0.15, -0.1) is 0 Å². The van der Waals surface area contributed by atoms with Crippen LogP contribution in [0.15, 0.2) is 0 Å². The number of hydrogen-bond acceptors (Lipinski definition) is 0. The average Bonchev–Trinajstić information content (AvgIpc) is 0.722. The van der Waals surface area contributed by atoms with Crippen molar-refractivity contribution in [2.24, 2.45) is 0 Å². The standard InChI is InChI=1S/CBr2Cl.Hg/c2-1(3)4;. The maximum atomic E-state index is 5.45. The second-order valence-electron chi connectivity index (χ2n) is 0.615. The van der Waals surface area contributed by atoms with Gasteiger partial charge in [0.1, 0.15) is 0 Å². The van der Waals surface area contributed by atoms with E-state index in [1.807, 2.05) is 0 Å². The zero-order chi connectivity index (χ0) is 4.50. The molecule has 0 aromatic heterocycles. The molecule has 5 heavy (non-hydrogen) atoms. The summed E-state index contributed by atoms with van der Waals surface area (Å²) in [5.74, 6) is 0. The summed E-state index contributed by atoms with van der Waals surface area (Å²) in [5.41, 5.74) is 0. The summed E-state index contributed by atoms with van der Waals surface area (Å²) in [6.45, 7) is 0. The van der Waals surface area contributed by atoms with Crippen LogP contribution in [0.4, 0.5) is 0 Å². The molecule has 27 valence electrons. The molecule has 0 nitrogen and oxygen atoms in total. The molecule has 0 atom stereocenters. The van der Waals surface area contributed by atoms with Crippen molar-refractivity contribution < 1.29 is 26.1 Å². The summed E-state index contributed by atoms with van der Waals surface area (Å²) < 4.78 is -0.208. The van der Waals surface area contributed by atoms with Crippen molar-refractivity contribution in [1.29, 1.82) is 0 Å². The van der Waals surface area contributed by atoms with E-state index in [1.165, 1.54) is 0 Å². The zero-order valence-electron chi connectivity index (χ0n) is 2.34. The van der Waals surface area contributed by atoms with Gasteiger partial charge >= 0.3 is 69.8 Å². The number of hydrogen-bond donors (Lipinski definition) is 0. The van der Waals surface area contributed by atoms with E-state index in [0.717, 1.165) is 0 Å². The van der Waals surface area contributed by atoms with Crippen LogP contribution in [0.2, 0.25) is 0 Å². The summed E-state index contributed by atoms with van der Waals surface area (Å²) in [6, 6.07) is 0. The van der Waals surface area contributed by atoms with E-state index in [2.05, 4.69) is 31.9 Å². The van der Waals surface area contributed by atoms with Gasteiger partial charge < -0.3 is 0 Å². The first-order chi connectivity index (χ1) is 2.00. The normalized spacial score (nSPS) is 12.2. The fourth-order valence-corrected chi connectivity index (χ4v) is 0. The molecule has 0 saturated carbocycles. The van der Waals surface area contributed by atoms with Gasteiger partial charge in [0.2, 0.25) is 0 Å². The van der Waals surface area contributed by atoms with Crippen molar-refractivity contribution >= 4 is 43.5 Å². The fraction of sp³-hybridized carbons (Fsp3) is 1.00. The first-order valence-electron chi connectivity index (χ1n) is 0.921. The molecule has 0 heterocycles. The molecule has 0 radical (unpaired) electrons. The molecule has 0 aliphatic rings. The molecule has 0 bridgehead atoms. The third-order valence-electron chi connectivity index (χ3n) is 0. The quantitative estimate of drug-likeness (QED) is 0.426. The third-order valence-corrected chi connectivity index (χ3v) is 0. The Hall–Kier alpha value is 2.19. The van der Waals surface area contributed by atoms with Crippen LogP contribution < -0.4 is 0 Å². The summed E-state index contributed by atoms with van der Waals surface area (Å²) in [6.07, 6.45) is 0. The molecule has 0 spiro atoms. The summed E-state index contributed by atoms with van der Waals surface area (Å²) >= 11 is 12.3. The SMILES string of the molecule is Cl[C](Br)(Br)[Hg]. The zero-order valence-corrected chi connectivity index (χ0v) is 11.8. The molecule has 0 amide bonds. The van der Waals surface area contributed by atoms with Gasteiger partial charge in [0, 0.05) is 0 Å². The summed E-state index contributed by atoms with van der Waals surface area (Å²) in [4.78, 5) is 0. The van der Waals surface area contributed by atoms with Crippen molar-refractivity contribution in [1.82, 2.24) is 0 Å². The minimum atomic E-state index is -0.208. The molecular formula is CBr2ClHg. The molecule has 0 aromatic carbocycles. The van der Waals surface area contributed by atoms with Crippen molar-refractivity contribution in [3.8, 4) is 0 Å². The van der Waals surface area contributed by atoms with Crippen molar-refractivity contribution in [3.63, 3.8) is 0 Å². The van der Waals surface area contributed by atoms with Gasteiger partial charge in [-0.1, -0.05) is 0 Å². The van der Waals surface area contributed by atoms with Gasteiger partial charge in [0.05, 0.1) is 0 Å². The Morgan fingerprint density at radius 3 is 1.60 bits per heavy atom. The second kappa shape index (κ2) is 2.48. The van der Waals surface area contributed by atoms with Crippen LogP contribution in [0.1, 0.15) is 0 Å². The molecule has 0 aromatic rings. The molecule has 0 N–H and O–H groups in total. The first kappa shape index (κ1) is 7.19. The van der Waals surface area contributed by atoms with Crippen LogP contribution in [0, 0.1) is 0 Å². The Morgan fingerprint density at radius 1 is 1.60 bits per heavy atom. The number of rotatable bonds is 0. The summed E-state index contributed by atoms with van der Waals surface area (Å²) in [7, 11) is 0. The van der Waals surface area contributed by atoms with Crippen molar-refractivity contribution in [2.75, 3.05) is 0 Å². The Labute approximate surface area is 68.9 Å². The Morgan fingerprint density at radius 2 is 1.60 bits per heavy atom. The van der Waals surface area contributed by atoms with Crippen LogP contribution in [-0.4, -0.2) is 0.201 Å². The Kier molecular flexibility index (Phi) is 3.57. The predicted octanol–water partition coefficient (Wildman–Crippen LogP) is 2.17. The molecule has 4 heteroatoms. The molecule has 0 saturated heterocycles. The van der Waals surface area contributed by atoms with Gasteiger partial charge in [-0.3, -0.25) is 0 Å². The number of alkyl halides is 3. The fourth-order valence-electron chi connectivity index (χ4n) is 0. The molecule has 0 fully saturated rings. The van der Waals surface area contributed by atoms with E-state index in [1.54, 1.807) is 0 Å². The number of halogens is 3. The maximum absolute atomic E-state index is 5.45. The van der Waals surface area contributed by atoms with Crippen LogP contribution in [0.3, 0.4) is 0 Å². The van der Waals surface area contributed by atoms with E-state index in [9.17, 15) is 0 Å². The van der Waals surface area contributed by atoms with Crippen LogP contribution in [0.5, 0.6) is 0 Å². The Bertz CT molecular complexity index is 25.1. The molecular weight excluding hydrogens is 408 g/mol. The van der Waals surface area contributed by atoms with Crippen LogP contribution in [-0.2, 0) is 26.1 Å². The van der Waals surface area contributed by atoms with Crippen molar-refractivity contribution in [3.05, 3.63) is 0 Å². The van der Waals surface area contributed by atoms with Crippen LogP contribution >= 0.6 is 43.5 Å². The summed E-state index contributed by atoms with van der Waals surface area (Å²) in [5, 5.41) is 0. The van der Waals surface area contributed by atoms with Crippen LogP contribution in [0.25, 0.3) is 0 Å². The second-order valence-corrected chi connectivity index (χ2v) is 19.9. The van der Waals surface area contributed by atoms with E-state index in [4.69, 9.17) is 11.6 Å². The van der Waals surface area contributed by atoms with E-state index >= 15 is 0 Å². The molecule has 0 aliphatic carbocycles. The van der Waals surface area contributed by atoms with E-state index in [-0.39, 0.29) is 0.201 Å². The molecule has 0 unspecified atom stereocenters. The van der Waals surface area contributed by atoms with Gasteiger partial charge in [0.25, 0.3) is 0 Å². The van der Waals surface area contributed by atoms with Gasteiger partial charge in [-0.25, -0.2) is 0 Å². The monoisotopic (exact) mass is 407 g/mol. The van der Waals surface area contributed by atoms with Gasteiger partial charge in [0.15, 0.2) is 0 Å². The predicted molar refractivity (Wildman–Crippen MR) is 26.4 cm³/mol. The first-order valence-corrected chi connectivity index (χ1v) is 5.63. The van der Waals surface area contributed by atoms with E-state index in [0.29, 0.717) is 26.1 Å².